The lowest BCUT2D eigenvalue weighted by molar-refractivity contribution is -0.612. The molecule has 0 saturated carbocycles. The molecule has 0 fully saturated rings. The van der Waals surface area contributed by atoms with Gasteiger partial charge >= 0.3 is 5.88 Å². The highest BCUT2D eigenvalue weighted by Gasteiger charge is 2.37. The molecule has 1 amide bonds. The first-order chi connectivity index (χ1) is 10.8. The van der Waals surface area contributed by atoms with Gasteiger partial charge in [-0.25, -0.2) is 8.78 Å². The van der Waals surface area contributed by atoms with Crippen LogP contribution in [0.3, 0.4) is 0 Å². The second kappa shape index (κ2) is 5.66. The monoisotopic (exact) mass is 340 g/mol. The molecule has 8 heteroatoms. The number of hydrogen-bond acceptors (Lipinski definition) is 3. The molecule has 1 unspecified atom stereocenters. The quantitative estimate of drug-likeness (QED) is 0.623. The van der Waals surface area contributed by atoms with E-state index in [0.717, 1.165) is 24.4 Å². The highest BCUT2D eigenvalue weighted by molar-refractivity contribution is 6.30. The summed E-state index contributed by atoms with van der Waals surface area (Å²) in [5, 5.41) is 12.0. The number of pyridine rings is 1. The van der Waals surface area contributed by atoms with Crippen LogP contribution in [0.2, 0.25) is 5.02 Å². The maximum atomic E-state index is 13.3. The van der Waals surface area contributed by atoms with Gasteiger partial charge in [-0.2, -0.15) is 0 Å². The van der Waals surface area contributed by atoms with E-state index < -0.39 is 23.6 Å². The van der Waals surface area contributed by atoms with Crippen LogP contribution in [0.5, 0.6) is 5.88 Å². The molecule has 0 radical (unpaired) electrons. The summed E-state index contributed by atoms with van der Waals surface area (Å²) in [5.41, 5.74) is 0.397. The van der Waals surface area contributed by atoms with E-state index in [9.17, 15) is 18.8 Å². The second-order valence-corrected chi connectivity index (χ2v) is 5.57. The van der Waals surface area contributed by atoms with Gasteiger partial charge in [0.2, 0.25) is 6.20 Å². The lowest BCUT2D eigenvalue weighted by atomic mass is 10.1. The van der Waals surface area contributed by atoms with Gasteiger partial charge in [0.15, 0.2) is 11.8 Å². The number of halogens is 3. The molecule has 1 atom stereocenters. The van der Waals surface area contributed by atoms with Gasteiger partial charge in [0.05, 0.1) is 6.54 Å². The summed E-state index contributed by atoms with van der Waals surface area (Å²) in [4.78, 5) is 13.6. The summed E-state index contributed by atoms with van der Waals surface area (Å²) in [6, 6.07) is 4.37. The van der Waals surface area contributed by atoms with Crippen LogP contribution >= 0.6 is 11.6 Å². The Bertz CT molecular complexity index is 780. The number of ether oxygens (including phenoxy) is 1. The maximum absolute atomic E-state index is 13.3. The number of amides is 1. The van der Waals surface area contributed by atoms with E-state index >= 15 is 0 Å². The normalized spacial score (nSPS) is 17.0. The van der Waals surface area contributed by atoms with Crippen LogP contribution in [0.4, 0.5) is 14.5 Å². The van der Waals surface area contributed by atoms with Gasteiger partial charge in [0, 0.05) is 6.07 Å². The Hall–Kier alpha value is -2.41. The molecule has 1 aromatic heterocycles. The molecule has 0 aliphatic carbocycles. The number of aromatic nitrogens is 1. The lowest BCUT2D eigenvalue weighted by Crippen LogP contribution is -2.48. The molecular weight excluding hydrogens is 330 g/mol. The Morgan fingerprint density at radius 3 is 2.61 bits per heavy atom. The zero-order valence-electron chi connectivity index (χ0n) is 11.9. The summed E-state index contributed by atoms with van der Waals surface area (Å²) >= 11 is 5.85. The third kappa shape index (κ3) is 2.92. The molecule has 3 rings (SSSR count). The molecule has 1 aliphatic heterocycles. The van der Waals surface area contributed by atoms with Crippen molar-refractivity contribution in [2.45, 2.75) is 19.6 Å². The molecule has 120 valence electrons. The van der Waals surface area contributed by atoms with Crippen LogP contribution in [0.15, 0.2) is 30.5 Å². The van der Waals surface area contributed by atoms with Crippen LogP contribution in [0.25, 0.3) is 0 Å². The fourth-order valence-electron chi connectivity index (χ4n) is 2.42. The molecule has 0 saturated heterocycles. The van der Waals surface area contributed by atoms with Crippen LogP contribution in [0.1, 0.15) is 12.5 Å². The van der Waals surface area contributed by atoms with Crippen LogP contribution in [-0.2, 0) is 11.3 Å². The van der Waals surface area contributed by atoms with E-state index in [1.54, 1.807) is 0 Å². The van der Waals surface area contributed by atoms with E-state index in [-0.39, 0.29) is 28.7 Å². The van der Waals surface area contributed by atoms with Gasteiger partial charge in [-0.1, -0.05) is 11.6 Å². The van der Waals surface area contributed by atoms with E-state index in [1.165, 1.54) is 17.9 Å². The number of carbonyl (C=O) groups excluding carboxylic acids is 1. The van der Waals surface area contributed by atoms with E-state index in [4.69, 9.17) is 16.3 Å². The smallest absolute Gasteiger partial charge is 0.405 e. The minimum Gasteiger partial charge on any atom is -0.616 e. The van der Waals surface area contributed by atoms with Crippen LogP contribution in [-0.4, -0.2) is 12.0 Å². The molecule has 23 heavy (non-hydrogen) atoms. The molecule has 0 bridgehead atoms. The zero-order valence-corrected chi connectivity index (χ0v) is 12.7. The molecular formula is C15H11ClF2N2O3. The summed E-state index contributed by atoms with van der Waals surface area (Å²) in [6.45, 7) is 1.37. The van der Waals surface area contributed by atoms with Gasteiger partial charge in [-0.05, 0) is 30.7 Å². The minimum absolute atomic E-state index is 0.0848. The predicted molar refractivity (Wildman–Crippen MR) is 78.1 cm³/mol. The first kappa shape index (κ1) is 15.5. The van der Waals surface area contributed by atoms with Crippen molar-refractivity contribution in [3.05, 3.63) is 57.9 Å². The molecule has 1 aromatic carbocycles. The number of fused-ring (bicyclic) bond motifs is 1. The third-order valence-corrected chi connectivity index (χ3v) is 3.60. The predicted octanol–water partition coefficient (Wildman–Crippen LogP) is 2.57. The zero-order chi connectivity index (χ0) is 16.7. The van der Waals surface area contributed by atoms with Gasteiger partial charge in [-0.3, -0.25) is 9.69 Å². The Labute approximate surface area is 135 Å². The Balaban J connectivity index is 2.06. The second-order valence-electron chi connectivity index (χ2n) is 5.14. The largest absolute Gasteiger partial charge is 0.616 e. The maximum Gasteiger partial charge on any atom is 0.405 e. The van der Waals surface area contributed by atoms with Crippen molar-refractivity contribution in [1.82, 2.24) is 0 Å². The van der Waals surface area contributed by atoms with E-state index in [0.29, 0.717) is 4.73 Å². The van der Waals surface area contributed by atoms with Crippen molar-refractivity contribution in [1.29, 1.82) is 0 Å². The fraction of sp³-hybridized carbons (Fsp3) is 0.200. The van der Waals surface area contributed by atoms with Gasteiger partial charge < -0.3 is 9.94 Å². The fourth-order valence-corrected chi connectivity index (χ4v) is 2.61. The van der Waals surface area contributed by atoms with Crippen molar-refractivity contribution in [2.75, 3.05) is 4.90 Å². The minimum atomic E-state index is -0.901. The number of benzene rings is 1. The molecule has 2 heterocycles. The lowest BCUT2D eigenvalue weighted by Gasteiger charge is -2.31. The Morgan fingerprint density at radius 1 is 1.30 bits per heavy atom. The first-order valence-corrected chi connectivity index (χ1v) is 7.08. The van der Waals surface area contributed by atoms with Gasteiger partial charge in [0.25, 0.3) is 5.91 Å². The highest BCUT2D eigenvalue weighted by atomic mass is 35.5. The van der Waals surface area contributed by atoms with Crippen molar-refractivity contribution >= 4 is 23.2 Å². The van der Waals surface area contributed by atoms with E-state index in [1.807, 2.05) is 0 Å². The molecule has 0 spiro atoms. The van der Waals surface area contributed by atoms with Crippen LogP contribution in [0, 0.1) is 16.8 Å². The summed E-state index contributed by atoms with van der Waals surface area (Å²) < 4.78 is 32.4. The van der Waals surface area contributed by atoms with Crippen molar-refractivity contribution in [2.24, 2.45) is 0 Å². The molecule has 1 aliphatic rings. The van der Waals surface area contributed by atoms with Gasteiger partial charge in [-0.15, -0.1) is 4.73 Å². The third-order valence-electron chi connectivity index (χ3n) is 3.39. The Morgan fingerprint density at radius 2 is 1.96 bits per heavy atom. The van der Waals surface area contributed by atoms with Crippen molar-refractivity contribution in [3.8, 4) is 5.88 Å². The first-order valence-electron chi connectivity index (χ1n) is 6.71. The number of anilines is 1. The molecule has 5 nitrogen and oxygen atoms in total. The summed E-state index contributed by atoms with van der Waals surface area (Å²) in [6.07, 6.45) is 0.199. The summed E-state index contributed by atoms with van der Waals surface area (Å²) in [7, 11) is 0. The topological polar surface area (TPSA) is 56.5 Å². The number of rotatable bonds is 2. The number of hydrogen-bond donors (Lipinski definition) is 0. The van der Waals surface area contributed by atoms with E-state index in [2.05, 4.69) is 0 Å². The molecule has 0 N–H and O–H groups in total. The summed E-state index contributed by atoms with van der Waals surface area (Å²) in [5.74, 6) is -2.03. The van der Waals surface area contributed by atoms with Crippen LogP contribution < -0.4 is 14.4 Å². The number of nitrogens with zero attached hydrogens (tertiary/aromatic N) is 2. The highest BCUT2D eigenvalue weighted by Crippen LogP contribution is 2.34. The molecule has 2 aromatic rings. The standard InChI is InChI=1S/C15H11ClF2N2O3/c1-8-14(21)19(6-9-2-11(17)5-12(18)3-9)13-4-10(16)7-20(22)15(13)23-8/h2-5,7-8H,6H2,1H3. The average molecular weight is 341 g/mol. The van der Waals surface area contributed by atoms with Crippen molar-refractivity contribution in [3.63, 3.8) is 0 Å². The van der Waals surface area contributed by atoms with Crippen molar-refractivity contribution < 1.29 is 23.0 Å². The average Bonchev–Trinajstić information content (AvgIpc) is 2.44. The van der Waals surface area contributed by atoms with Gasteiger partial charge in [0.1, 0.15) is 16.7 Å². The SMILES string of the molecule is CC1Oc2c(cc(Cl)c[n+]2[O-])N(Cc2cc(F)cc(F)c2)C1=O. The Kier molecular flexibility index (Phi) is 3.81. The number of carbonyl (C=O) groups is 1.